The minimum absolute atomic E-state index is 0.151. The molecule has 1 aromatic carbocycles. The SMILES string of the molecule is O=C(NC1CCCCC1)c1ccc(Cl)c(B(O)O)c1. The van der Waals surface area contributed by atoms with E-state index >= 15 is 0 Å². The Morgan fingerprint density at radius 3 is 2.58 bits per heavy atom. The normalized spacial score (nSPS) is 16.2. The molecule has 0 saturated heterocycles. The van der Waals surface area contributed by atoms with Gasteiger partial charge in [-0.25, -0.2) is 0 Å². The zero-order valence-electron chi connectivity index (χ0n) is 10.6. The molecule has 0 aromatic heterocycles. The summed E-state index contributed by atoms with van der Waals surface area (Å²) < 4.78 is 0. The largest absolute Gasteiger partial charge is 0.489 e. The number of hydrogen-bond acceptors (Lipinski definition) is 3. The van der Waals surface area contributed by atoms with Crippen molar-refractivity contribution < 1.29 is 14.8 Å². The number of carbonyl (C=O) groups excluding carboxylic acids is 1. The summed E-state index contributed by atoms with van der Waals surface area (Å²) in [6.07, 6.45) is 5.54. The monoisotopic (exact) mass is 281 g/mol. The van der Waals surface area contributed by atoms with E-state index in [0.29, 0.717) is 5.56 Å². The number of carbonyl (C=O) groups is 1. The molecule has 0 atom stereocenters. The molecular formula is C13H17BClNO3. The second-order valence-corrected chi connectivity index (χ2v) is 5.33. The molecule has 0 spiro atoms. The smallest absolute Gasteiger partial charge is 0.423 e. The van der Waals surface area contributed by atoms with E-state index in [1.165, 1.54) is 18.6 Å². The Hall–Kier alpha value is -1.04. The number of halogens is 1. The number of benzene rings is 1. The third kappa shape index (κ3) is 3.72. The highest BCUT2D eigenvalue weighted by atomic mass is 35.5. The van der Waals surface area contributed by atoms with Crippen LogP contribution in [0.25, 0.3) is 0 Å². The van der Waals surface area contributed by atoms with Crippen LogP contribution in [0.2, 0.25) is 5.02 Å². The first kappa shape index (κ1) is 14.4. The molecule has 1 saturated carbocycles. The van der Waals surface area contributed by atoms with E-state index in [4.69, 9.17) is 11.6 Å². The maximum absolute atomic E-state index is 12.1. The maximum Gasteiger partial charge on any atom is 0.489 e. The first-order valence-electron chi connectivity index (χ1n) is 6.54. The van der Waals surface area contributed by atoms with Crippen LogP contribution in [0.3, 0.4) is 0 Å². The van der Waals surface area contributed by atoms with Gasteiger partial charge in [-0.1, -0.05) is 30.9 Å². The van der Waals surface area contributed by atoms with Gasteiger partial charge in [0.2, 0.25) is 0 Å². The summed E-state index contributed by atoms with van der Waals surface area (Å²) in [5.74, 6) is -0.189. The topological polar surface area (TPSA) is 69.6 Å². The molecule has 1 aliphatic rings. The minimum Gasteiger partial charge on any atom is -0.423 e. The predicted molar refractivity (Wildman–Crippen MR) is 75.6 cm³/mol. The molecule has 1 fully saturated rings. The van der Waals surface area contributed by atoms with Crippen molar-refractivity contribution >= 4 is 30.1 Å². The number of hydrogen-bond donors (Lipinski definition) is 3. The Morgan fingerprint density at radius 2 is 1.95 bits per heavy atom. The van der Waals surface area contributed by atoms with Crippen LogP contribution in [0.4, 0.5) is 0 Å². The molecule has 1 amide bonds. The third-order valence-electron chi connectivity index (χ3n) is 3.48. The molecular weight excluding hydrogens is 264 g/mol. The molecule has 0 radical (unpaired) electrons. The van der Waals surface area contributed by atoms with Crippen molar-refractivity contribution in [3.63, 3.8) is 0 Å². The van der Waals surface area contributed by atoms with Gasteiger partial charge in [-0.05, 0) is 31.0 Å². The fourth-order valence-corrected chi connectivity index (χ4v) is 2.61. The fraction of sp³-hybridized carbons (Fsp3) is 0.462. The molecule has 0 aliphatic heterocycles. The van der Waals surface area contributed by atoms with Crippen molar-refractivity contribution in [2.75, 3.05) is 0 Å². The van der Waals surface area contributed by atoms with Gasteiger partial charge in [0.15, 0.2) is 0 Å². The quantitative estimate of drug-likeness (QED) is 0.726. The van der Waals surface area contributed by atoms with E-state index in [2.05, 4.69) is 5.32 Å². The van der Waals surface area contributed by atoms with Gasteiger partial charge in [0.1, 0.15) is 0 Å². The van der Waals surface area contributed by atoms with Crippen LogP contribution in [-0.4, -0.2) is 29.1 Å². The van der Waals surface area contributed by atoms with E-state index in [9.17, 15) is 14.8 Å². The molecule has 102 valence electrons. The van der Waals surface area contributed by atoms with Gasteiger partial charge in [-0.15, -0.1) is 0 Å². The summed E-state index contributed by atoms with van der Waals surface area (Å²) in [5.41, 5.74) is 0.552. The standard InChI is InChI=1S/C13H17BClNO3/c15-12-7-6-9(8-11(12)14(18)19)13(17)16-10-4-2-1-3-5-10/h6-8,10,18-19H,1-5H2,(H,16,17). The molecule has 4 nitrogen and oxygen atoms in total. The van der Waals surface area contributed by atoms with Crippen molar-refractivity contribution in [1.82, 2.24) is 5.32 Å². The summed E-state index contributed by atoms with van der Waals surface area (Å²) in [7, 11) is -1.67. The van der Waals surface area contributed by atoms with Crippen molar-refractivity contribution in [3.05, 3.63) is 28.8 Å². The summed E-state index contributed by atoms with van der Waals surface area (Å²) in [6.45, 7) is 0. The van der Waals surface area contributed by atoms with Crippen molar-refractivity contribution in [2.24, 2.45) is 0 Å². The number of rotatable bonds is 3. The first-order valence-corrected chi connectivity index (χ1v) is 6.92. The van der Waals surface area contributed by atoms with Crippen LogP contribution in [-0.2, 0) is 0 Å². The lowest BCUT2D eigenvalue weighted by Crippen LogP contribution is -2.37. The third-order valence-corrected chi connectivity index (χ3v) is 3.82. The highest BCUT2D eigenvalue weighted by molar-refractivity contribution is 6.62. The van der Waals surface area contributed by atoms with Gasteiger partial charge in [-0.2, -0.15) is 0 Å². The highest BCUT2D eigenvalue weighted by Gasteiger charge is 2.20. The van der Waals surface area contributed by atoms with E-state index in [0.717, 1.165) is 25.7 Å². The molecule has 1 aromatic rings. The van der Waals surface area contributed by atoms with Gasteiger partial charge in [-0.3, -0.25) is 4.79 Å². The van der Waals surface area contributed by atoms with Crippen LogP contribution in [0, 0.1) is 0 Å². The van der Waals surface area contributed by atoms with Gasteiger partial charge in [0.05, 0.1) is 0 Å². The Morgan fingerprint density at radius 1 is 1.26 bits per heavy atom. The molecule has 19 heavy (non-hydrogen) atoms. The van der Waals surface area contributed by atoms with E-state index in [1.54, 1.807) is 6.07 Å². The molecule has 6 heteroatoms. The zero-order valence-corrected chi connectivity index (χ0v) is 11.4. The van der Waals surface area contributed by atoms with E-state index < -0.39 is 7.12 Å². The van der Waals surface area contributed by atoms with Crippen LogP contribution >= 0.6 is 11.6 Å². The Labute approximate surface area is 117 Å². The number of nitrogens with one attached hydrogen (secondary N) is 1. The summed E-state index contributed by atoms with van der Waals surface area (Å²) in [6, 6.07) is 4.74. The van der Waals surface area contributed by atoms with Crippen molar-refractivity contribution in [2.45, 2.75) is 38.1 Å². The second kappa shape index (κ2) is 6.41. The average Bonchev–Trinajstić information content (AvgIpc) is 2.40. The predicted octanol–water partition coefficient (Wildman–Crippen LogP) is 1.08. The summed E-state index contributed by atoms with van der Waals surface area (Å²) in [5, 5.41) is 21.6. The van der Waals surface area contributed by atoms with Crippen molar-refractivity contribution in [1.29, 1.82) is 0 Å². The van der Waals surface area contributed by atoms with E-state index in [1.807, 2.05) is 0 Å². The lowest BCUT2D eigenvalue weighted by Gasteiger charge is -2.22. The molecule has 0 unspecified atom stereocenters. The van der Waals surface area contributed by atoms with Crippen LogP contribution in [0.15, 0.2) is 18.2 Å². The Kier molecular flexibility index (Phi) is 4.85. The highest BCUT2D eigenvalue weighted by Crippen LogP contribution is 2.18. The Balaban J connectivity index is 2.08. The lowest BCUT2D eigenvalue weighted by molar-refractivity contribution is 0.0928. The lowest BCUT2D eigenvalue weighted by atomic mass is 9.79. The molecule has 0 bridgehead atoms. The van der Waals surface area contributed by atoms with Crippen LogP contribution in [0.1, 0.15) is 42.5 Å². The van der Waals surface area contributed by atoms with Crippen LogP contribution < -0.4 is 10.8 Å². The maximum atomic E-state index is 12.1. The van der Waals surface area contributed by atoms with E-state index in [-0.39, 0.29) is 22.4 Å². The fourth-order valence-electron chi connectivity index (χ4n) is 2.40. The average molecular weight is 282 g/mol. The van der Waals surface area contributed by atoms with Gasteiger partial charge >= 0.3 is 7.12 Å². The van der Waals surface area contributed by atoms with Crippen LogP contribution in [0.5, 0.6) is 0 Å². The van der Waals surface area contributed by atoms with Gasteiger partial charge in [0.25, 0.3) is 5.91 Å². The van der Waals surface area contributed by atoms with Gasteiger partial charge in [0, 0.05) is 22.1 Å². The number of amides is 1. The first-order chi connectivity index (χ1) is 9.08. The molecule has 2 rings (SSSR count). The zero-order chi connectivity index (χ0) is 13.8. The summed E-state index contributed by atoms with van der Waals surface area (Å²) in [4.78, 5) is 12.1. The van der Waals surface area contributed by atoms with Gasteiger partial charge < -0.3 is 15.4 Å². The minimum atomic E-state index is -1.67. The van der Waals surface area contributed by atoms with Crippen molar-refractivity contribution in [3.8, 4) is 0 Å². The summed E-state index contributed by atoms with van der Waals surface area (Å²) >= 11 is 5.84. The Bertz CT molecular complexity index is 461. The second-order valence-electron chi connectivity index (χ2n) is 4.92. The molecule has 1 aliphatic carbocycles. The molecule has 3 N–H and O–H groups in total. The molecule has 0 heterocycles.